The van der Waals surface area contributed by atoms with Crippen molar-refractivity contribution >= 4 is 15.9 Å². The van der Waals surface area contributed by atoms with Crippen LogP contribution in [0.2, 0.25) is 0 Å². The highest BCUT2D eigenvalue weighted by Gasteiger charge is 2.36. The first-order valence-corrected chi connectivity index (χ1v) is 12.4. The van der Waals surface area contributed by atoms with E-state index in [-0.39, 0.29) is 5.91 Å². The third-order valence-electron chi connectivity index (χ3n) is 6.81. The fourth-order valence-electron chi connectivity index (χ4n) is 5.24. The van der Waals surface area contributed by atoms with Gasteiger partial charge in [-0.2, -0.15) is 4.31 Å². The van der Waals surface area contributed by atoms with Gasteiger partial charge in [0.15, 0.2) is 0 Å². The zero-order chi connectivity index (χ0) is 19.6. The molecular formula is C22H32N2O3S. The number of rotatable bonds is 3. The van der Waals surface area contributed by atoms with E-state index in [1.165, 1.54) is 25.7 Å². The number of fused-ring (bicyclic) bond motifs is 1. The third kappa shape index (κ3) is 3.99. The second-order valence-electron chi connectivity index (χ2n) is 8.60. The number of carbonyl (C=O) groups is 1. The van der Waals surface area contributed by atoms with E-state index in [4.69, 9.17) is 0 Å². The molecule has 0 aromatic heterocycles. The quantitative estimate of drug-likeness (QED) is 0.764. The van der Waals surface area contributed by atoms with Gasteiger partial charge in [-0.1, -0.05) is 25.7 Å². The van der Waals surface area contributed by atoms with Crippen LogP contribution < -0.4 is 0 Å². The van der Waals surface area contributed by atoms with Crippen LogP contribution in [-0.4, -0.2) is 49.2 Å². The van der Waals surface area contributed by atoms with Crippen LogP contribution in [0.5, 0.6) is 0 Å². The van der Waals surface area contributed by atoms with Crippen molar-refractivity contribution in [1.82, 2.24) is 9.21 Å². The van der Waals surface area contributed by atoms with Crippen LogP contribution in [0.4, 0.5) is 0 Å². The minimum atomic E-state index is -3.46. The number of piperidine rings is 1. The van der Waals surface area contributed by atoms with Gasteiger partial charge in [-0.3, -0.25) is 4.79 Å². The molecule has 3 fully saturated rings. The second-order valence-corrected chi connectivity index (χ2v) is 10.5. The normalized spacial score (nSPS) is 27.1. The summed E-state index contributed by atoms with van der Waals surface area (Å²) in [6, 6.07) is 7.03. The maximum atomic E-state index is 13.1. The molecule has 5 nitrogen and oxygen atoms in total. The van der Waals surface area contributed by atoms with Crippen molar-refractivity contribution in [3.63, 3.8) is 0 Å². The lowest BCUT2D eigenvalue weighted by Crippen LogP contribution is -2.49. The molecule has 154 valence electrons. The molecule has 2 heterocycles. The lowest BCUT2D eigenvalue weighted by Gasteiger charge is -2.44. The minimum absolute atomic E-state index is 0.0651. The van der Waals surface area contributed by atoms with Gasteiger partial charge in [0.2, 0.25) is 10.0 Å². The summed E-state index contributed by atoms with van der Waals surface area (Å²) in [4.78, 5) is 15.5. The van der Waals surface area contributed by atoms with Gasteiger partial charge < -0.3 is 4.90 Å². The molecule has 2 unspecified atom stereocenters. The molecule has 4 rings (SSSR count). The highest BCUT2D eigenvalue weighted by atomic mass is 32.2. The molecule has 0 N–H and O–H groups in total. The number of nitrogens with zero attached hydrogens (tertiary/aromatic N) is 2. The number of hydrogen-bond acceptors (Lipinski definition) is 3. The van der Waals surface area contributed by atoms with Gasteiger partial charge in [-0.25, -0.2) is 8.42 Å². The molecular weight excluding hydrogens is 372 g/mol. The molecule has 1 saturated carbocycles. The van der Waals surface area contributed by atoms with Crippen LogP contribution in [0.1, 0.15) is 74.6 Å². The van der Waals surface area contributed by atoms with Crippen LogP contribution in [0.15, 0.2) is 29.2 Å². The van der Waals surface area contributed by atoms with E-state index >= 15 is 0 Å². The monoisotopic (exact) mass is 404 g/mol. The first-order chi connectivity index (χ1) is 13.6. The van der Waals surface area contributed by atoms with Gasteiger partial charge in [0, 0.05) is 31.2 Å². The maximum absolute atomic E-state index is 13.1. The Morgan fingerprint density at radius 3 is 2.14 bits per heavy atom. The Hall–Kier alpha value is -1.40. The van der Waals surface area contributed by atoms with Gasteiger partial charge >= 0.3 is 0 Å². The fourth-order valence-corrected chi connectivity index (χ4v) is 6.76. The number of carbonyl (C=O) groups excluding carboxylic acids is 1. The topological polar surface area (TPSA) is 57.7 Å². The van der Waals surface area contributed by atoms with E-state index in [9.17, 15) is 13.2 Å². The zero-order valence-corrected chi connectivity index (χ0v) is 17.5. The van der Waals surface area contributed by atoms with Crippen molar-refractivity contribution < 1.29 is 13.2 Å². The number of benzene rings is 1. The predicted molar refractivity (Wildman–Crippen MR) is 110 cm³/mol. The molecule has 2 aliphatic heterocycles. The molecule has 0 spiro atoms. The molecule has 1 aromatic rings. The standard InChI is InChI=1S/C22H32N2O3S/c25-22(24-17-7-9-18-8-3-4-10-21(18)24)19-11-13-20(14-12-19)28(26,27)23-15-5-1-2-6-16-23/h11-14,18,21H,1-10,15-17H2. The molecule has 6 heteroatoms. The molecule has 1 aliphatic carbocycles. The number of amides is 1. The lowest BCUT2D eigenvalue weighted by atomic mass is 9.78. The first-order valence-electron chi connectivity index (χ1n) is 11.0. The average molecular weight is 405 g/mol. The highest BCUT2D eigenvalue weighted by molar-refractivity contribution is 7.89. The summed E-state index contributed by atoms with van der Waals surface area (Å²) in [5.41, 5.74) is 0.612. The largest absolute Gasteiger partial charge is 0.335 e. The summed E-state index contributed by atoms with van der Waals surface area (Å²) in [5, 5.41) is 0. The van der Waals surface area contributed by atoms with Crippen molar-refractivity contribution in [3.05, 3.63) is 29.8 Å². The Morgan fingerprint density at radius 2 is 1.43 bits per heavy atom. The van der Waals surface area contributed by atoms with Crippen LogP contribution >= 0.6 is 0 Å². The zero-order valence-electron chi connectivity index (χ0n) is 16.7. The Morgan fingerprint density at radius 1 is 0.786 bits per heavy atom. The smallest absolute Gasteiger partial charge is 0.254 e. The summed E-state index contributed by atoms with van der Waals surface area (Å²) in [6.07, 6.45) is 11.2. The summed E-state index contributed by atoms with van der Waals surface area (Å²) in [5.74, 6) is 0.712. The second kappa shape index (κ2) is 8.54. The van der Waals surface area contributed by atoms with Crippen LogP contribution in [0.3, 0.4) is 0 Å². The Kier molecular flexibility index (Phi) is 6.07. The Labute approximate surface area is 169 Å². The summed E-state index contributed by atoms with van der Waals surface area (Å²) in [7, 11) is -3.46. The lowest BCUT2D eigenvalue weighted by molar-refractivity contribution is 0.0390. The average Bonchev–Trinajstić information content (AvgIpc) is 3.03. The van der Waals surface area contributed by atoms with E-state index in [0.717, 1.165) is 45.1 Å². The van der Waals surface area contributed by atoms with E-state index in [1.807, 2.05) is 0 Å². The van der Waals surface area contributed by atoms with Gasteiger partial charge in [0.1, 0.15) is 0 Å². The molecule has 0 bridgehead atoms. The van der Waals surface area contributed by atoms with Gasteiger partial charge in [-0.05, 0) is 68.7 Å². The van der Waals surface area contributed by atoms with Gasteiger partial charge in [0.25, 0.3) is 5.91 Å². The Bertz CT molecular complexity index is 781. The molecule has 1 aromatic carbocycles. The van der Waals surface area contributed by atoms with Crippen LogP contribution in [0, 0.1) is 5.92 Å². The van der Waals surface area contributed by atoms with Crippen molar-refractivity contribution in [2.24, 2.45) is 5.92 Å². The van der Waals surface area contributed by atoms with Gasteiger partial charge in [-0.15, -0.1) is 0 Å². The fraction of sp³-hybridized carbons (Fsp3) is 0.682. The molecule has 0 radical (unpaired) electrons. The third-order valence-corrected chi connectivity index (χ3v) is 8.72. The summed E-state index contributed by atoms with van der Waals surface area (Å²) < 4.78 is 27.5. The number of hydrogen-bond donors (Lipinski definition) is 0. The molecule has 2 saturated heterocycles. The van der Waals surface area contributed by atoms with E-state index < -0.39 is 10.0 Å². The van der Waals surface area contributed by atoms with Crippen molar-refractivity contribution in [2.45, 2.75) is 75.1 Å². The van der Waals surface area contributed by atoms with Crippen LogP contribution in [-0.2, 0) is 10.0 Å². The molecule has 1 amide bonds. The number of sulfonamides is 1. The summed E-state index contributed by atoms with van der Waals surface area (Å²) >= 11 is 0. The van der Waals surface area contributed by atoms with Crippen molar-refractivity contribution in [3.8, 4) is 0 Å². The minimum Gasteiger partial charge on any atom is -0.335 e. The SMILES string of the molecule is O=C(c1ccc(S(=O)(=O)N2CCCCCC2)cc1)N1CCCC2CCCCC21. The number of likely N-dealkylation sites (tertiary alicyclic amines) is 1. The van der Waals surface area contributed by atoms with E-state index in [0.29, 0.717) is 35.5 Å². The predicted octanol–water partition coefficient (Wildman–Crippen LogP) is 4.05. The van der Waals surface area contributed by atoms with E-state index in [2.05, 4.69) is 4.90 Å². The molecule has 2 atom stereocenters. The van der Waals surface area contributed by atoms with Crippen molar-refractivity contribution in [1.29, 1.82) is 0 Å². The van der Waals surface area contributed by atoms with Crippen LogP contribution in [0.25, 0.3) is 0 Å². The highest BCUT2D eigenvalue weighted by Crippen LogP contribution is 2.36. The first kappa shape index (κ1) is 19.9. The van der Waals surface area contributed by atoms with Crippen molar-refractivity contribution in [2.75, 3.05) is 19.6 Å². The van der Waals surface area contributed by atoms with Gasteiger partial charge in [0.05, 0.1) is 4.90 Å². The van der Waals surface area contributed by atoms with E-state index in [1.54, 1.807) is 28.6 Å². The summed E-state index contributed by atoms with van der Waals surface area (Å²) in [6.45, 7) is 2.02. The molecule has 28 heavy (non-hydrogen) atoms. The Balaban J connectivity index is 1.50. The maximum Gasteiger partial charge on any atom is 0.254 e. The molecule has 3 aliphatic rings.